The van der Waals surface area contributed by atoms with Crippen LogP contribution in [0.2, 0.25) is 0 Å². The fourth-order valence-electron chi connectivity index (χ4n) is 4.71. The quantitative estimate of drug-likeness (QED) is 0.680. The van der Waals surface area contributed by atoms with Gasteiger partial charge in [0.1, 0.15) is 11.4 Å². The van der Waals surface area contributed by atoms with Gasteiger partial charge in [-0.2, -0.15) is 13.4 Å². The number of carbonyl (C=O) groups excluding carboxylic acids is 1. The zero-order valence-corrected chi connectivity index (χ0v) is 20.5. The second kappa shape index (κ2) is 8.59. The molecule has 3 heterocycles. The Morgan fingerprint density at radius 1 is 1.15 bits per heavy atom. The molecular weight excluding hydrogens is 440 g/mol. The molecular formula is C24H32N4O4S. The molecule has 0 bridgehead atoms. The highest BCUT2D eigenvalue weighted by atomic mass is 32.2. The van der Waals surface area contributed by atoms with Crippen molar-refractivity contribution in [3.05, 3.63) is 42.1 Å². The van der Waals surface area contributed by atoms with Crippen LogP contribution in [-0.2, 0) is 10.0 Å². The molecule has 178 valence electrons. The molecule has 1 saturated heterocycles. The minimum Gasteiger partial charge on any atom is -0.471 e. The number of amides is 1. The molecule has 2 aromatic rings. The molecule has 2 aliphatic rings. The molecule has 8 nitrogen and oxygen atoms in total. The number of anilines is 1. The van der Waals surface area contributed by atoms with Crippen LogP contribution in [0.15, 0.2) is 41.6 Å². The molecule has 1 amide bonds. The number of hydrogen-bond donors (Lipinski definition) is 1. The van der Waals surface area contributed by atoms with Crippen LogP contribution in [0, 0.1) is 5.92 Å². The van der Waals surface area contributed by atoms with Crippen LogP contribution in [0.25, 0.3) is 0 Å². The van der Waals surface area contributed by atoms with Gasteiger partial charge >= 0.3 is 0 Å². The van der Waals surface area contributed by atoms with E-state index in [1.54, 1.807) is 30.5 Å². The van der Waals surface area contributed by atoms with E-state index < -0.39 is 15.9 Å². The second-order valence-corrected chi connectivity index (χ2v) is 11.5. The van der Waals surface area contributed by atoms with Crippen molar-refractivity contribution in [2.24, 2.45) is 5.92 Å². The molecule has 1 unspecified atom stereocenters. The minimum atomic E-state index is -4.20. The predicted molar refractivity (Wildman–Crippen MR) is 126 cm³/mol. The van der Waals surface area contributed by atoms with E-state index in [9.17, 15) is 13.2 Å². The summed E-state index contributed by atoms with van der Waals surface area (Å²) < 4.78 is 34.2. The average molecular weight is 473 g/mol. The molecule has 2 aromatic heterocycles. The molecule has 4 rings (SSSR count). The summed E-state index contributed by atoms with van der Waals surface area (Å²) in [5.74, 6) is 0.403. The van der Waals surface area contributed by atoms with Crippen molar-refractivity contribution in [3.8, 4) is 5.88 Å². The van der Waals surface area contributed by atoms with Crippen molar-refractivity contribution in [3.63, 3.8) is 0 Å². The van der Waals surface area contributed by atoms with Gasteiger partial charge in [0.05, 0.1) is 5.56 Å². The summed E-state index contributed by atoms with van der Waals surface area (Å²) in [5.41, 5.74) is -0.330. The van der Waals surface area contributed by atoms with Crippen LogP contribution in [0.4, 0.5) is 5.82 Å². The third-order valence-corrected chi connectivity index (χ3v) is 8.42. The zero-order chi connectivity index (χ0) is 23.9. The van der Waals surface area contributed by atoms with E-state index in [1.165, 1.54) is 6.07 Å². The van der Waals surface area contributed by atoms with Crippen molar-refractivity contribution in [2.75, 3.05) is 11.4 Å². The summed E-state index contributed by atoms with van der Waals surface area (Å²) in [4.78, 5) is 23.8. The van der Waals surface area contributed by atoms with Crippen LogP contribution in [0.3, 0.4) is 0 Å². The summed E-state index contributed by atoms with van der Waals surface area (Å²) in [6.45, 7) is 9.14. The molecule has 2 fully saturated rings. The topological polar surface area (TPSA) is 101 Å². The number of hydrogen-bond acceptors (Lipinski definition) is 7. The fourth-order valence-corrected chi connectivity index (χ4v) is 5.63. The number of nitrogens with zero attached hydrogens (tertiary/aromatic N) is 3. The lowest BCUT2D eigenvalue weighted by Gasteiger charge is -2.36. The van der Waals surface area contributed by atoms with Crippen molar-refractivity contribution in [1.29, 1.82) is 0 Å². The molecule has 33 heavy (non-hydrogen) atoms. The van der Waals surface area contributed by atoms with E-state index in [0.29, 0.717) is 11.7 Å². The lowest BCUT2D eigenvalue weighted by Crippen LogP contribution is -2.43. The lowest BCUT2D eigenvalue weighted by atomic mass is 9.90. The van der Waals surface area contributed by atoms with E-state index in [-0.39, 0.29) is 27.6 Å². The fraction of sp³-hybridized carbons (Fsp3) is 0.542. The first-order chi connectivity index (χ1) is 15.5. The average Bonchev–Trinajstić information content (AvgIpc) is 3.30. The van der Waals surface area contributed by atoms with E-state index in [4.69, 9.17) is 4.74 Å². The first kappa shape index (κ1) is 23.5. The van der Waals surface area contributed by atoms with Gasteiger partial charge < -0.3 is 9.64 Å². The molecule has 0 spiro atoms. The summed E-state index contributed by atoms with van der Waals surface area (Å²) >= 11 is 0. The number of aromatic nitrogens is 2. The maximum atomic E-state index is 13.1. The predicted octanol–water partition coefficient (Wildman–Crippen LogP) is 3.93. The van der Waals surface area contributed by atoms with Gasteiger partial charge in [0.25, 0.3) is 15.9 Å². The smallest absolute Gasteiger partial charge is 0.281 e. The SMILES string of the molecule is CC1CCN(c2ncccc2C(=O)NS(=O)(=O)c2cccc(OC3(C)CCCC3)n2)C1(C)C. The minimum absolute atomic E-state index is 0.203. The van der Waals surface area contributed by atoms with Crippen LogP contribution < -0.4 is 14.4 Å². The highest BCUT2D eigenvalue weighted by Crippen LogP contribution is 2.38. The standard InChI is InChI=1S/C24H32N4O4S/c1-17-12-16-28(23(17,2)3)21-18(9-8-15-25-21)22(29)27-33(30,31)20-11-7-10-19(26-20)32-24(4)13-5-6-14-24/h7-11,15,17H,5-6,12-14,16H2,1-4H3,(H,27,29). The Hall–Kier alpha value is -2.68. The normalized spacial score (nSPS) is 21.7. The number of carbonyl (C=O) groups is 1. The maximum absolute atomic E-state index is 13.1. The van der Waals surface area contributed by atoms with E-state index in [1.807, 2.05) is 6.92 Å². The molecule has 1 atom stereocenters. The van der Waals surface area contributed by atoms with Gasteiger partial charge in [-0.3, -0.25) is 4.79 Å². The van der Waals surface area contributed by atoms with E-state index in [0.717, 1.165) is 38.6 Å². The third kappa shape index (κ3) is 4.69. The Morgan fingerprint density at radius 2 is 1.88 bits per heavy atom. The summed E-state index contributed by atoms with van der Waals surface area (Å²) in [5, 5.41) is -0.254. The van der Waals surface area contributed by atoms with Gasteiger partial charge in [-0.25, -0.2) is 9.71 Å². The Morgan fingerprint density at radius 3 is 2.55 bits per heavy atom. The van der Waals surface area contributed by atoms with Gasteiger partial charge in [-0.1, -0.05) is 13.0 Å². The highest BCUT2D eigenvalue weighted by Gasteiger charge is 2.40. The molecule has 0 aromatic carbocycles. The van der Waals surface area contributed by atoms with Gasteiger partial charge in [-0.05, 0) is 77.0 Å². The lowest BCUT2D eigenvalue weighted by molar-refractivity contribution is 0.0898. The molecule has 1 aliphatic carbocycles. The van der Waals surface area contributed by atoms with E-state index >= 15 is 0 Å². The molecule has 1 N–H and O–H groups in total. The van der Waals surface area contributed by atoms with Gasteiger partial charge in [-0.15, -0.1) is 0 Å². The number of sulfonamides is 1. The number of rotatable bonds is 6. The second-order valence-electron chi connectivity index (χ2n) is 9.88. The van der Waals surface area contributed by atoms with Crippen molar-refractivity contribution in [1.82, 2.24) is 14.7 Å². The van der Waals surface area contributed by atoms with Crippen molar-refractivity contribution < 1.29 is 17.9 Å². The number of nitrogens with one attached hydrogen (secondary N) is 1. The summed E-state index contributed by atoms with van der Waals surface area (Å²) in [6.07, 6.45) is 6.54. The monoisotopic (exact) mass is 472 g/mol. The van der Waals surface area contributed by atoms with Crippen molar-refractivity contribution in [2.45, 2.75) is 76.0 Å². The largest absolute Gasteiger partial charge is 0.471 e. The molecule has 9 heteroatoms. The van der Waals surface area contributed by atoms with Gasteiger partial charge in [0.15, 0.2) is 5.03 Å². The Labute approximate surface area is 195 Å². The van der Waals surface area contributed by atoms with Crippen LogP contribution in [-0.4, -0.2) is 42.0 Å². The van der Waals surface area contributed by atoms with Crippen LogP contribution >= 0.6 is 0 Å². The summed E-state index contributed by atoms with van der Waals surface area (Å²) in [7, 11) is -4.20. The Balaban J connectivity index is 1.57. The van der Waals surface area contributed by atoms with Crippen LogP contribution in [0.1, 0.15) is 70.2 Å². The highest BCUT2D eigenvalue weighted by molar-refractivity contribution is 7.90. The maximum Gasteiger partial charge on any atom is 0.281 e. The first-order valence-corrected chi connectivity index (χ1v) is 13.0. The van der Waals surface area contributed by atoms with Crippen LogP contribution in [0.5, 0.6) is 5.88 Å². The zero-order valence-electron chi connectivity index (χ0n) is 19.7. The Kier molecular flexibility index (Phi) is 6.11. The third-order valence-electron chi connectivity index (χ3n) is 7.19. The Bertz CT molecular complexity index is 1140. The number of pyridine rings is 2. The van der Waals surface area contributed by atoms with Crippen molar-refractivity contribution >= 4 is 21.7 Å². The van der Waals surface area contributed by atoms with Gasteiger partial charge in [0, 0.05) is 24.3 Å². The molecule has 1 aliphatic heterocycles. The first-order valence-electron chi connectivity index (χ1n) is 11.5. The molecule has 0 radical (unpaired) electrons. The molecule has 1 saturated carbocycles. The van der Waals surface area contributed by atoms with Gasteiger partial charge in [0.2, 0.25) is 5.88 Å². The summed E-state index contributed by atoms with van der Waals surface area (Å²) in [6, 6.07) is 7.80. The number of ether oxygens (including phenoxy) is 1. The van der Waals surface area contributed by atoms with E-state index in [2.05, 4.69) is 40.4 Å².